The van der Waals surface area contributed by atoms with Crippen molar-refractivity contribution in [3.63, 3.8) is 0 Å². The average molecular weight is 367 g/mol. The first kappa shape index (κ1) is 18.4. The summed E-state index contributed by atoms with van der Waals surface area (Å²) in [6.07, 6.45) is 0. The Morgan fingerprint density at radius 2 is 1.75 bits per heavy atom. The van der Waals surface area contributed by atoms with E-state index in [1.54, 1.807) is 24.3 Å². The lowest BCUT2D eigenvalue weighted by atomic mass is 9.94. The highest BCUT2D eigenvalue weighted by Crippen LogP contribution is 2.31. The summed E-state index contributed by atoms with van der Waals surface area (Å²) in [5.74, 6) is 0.505. The van der Waals surface area contributed by atoms with Gasteiger partial charge < -0.3 is 15.4 Å². The second kappa shape index (κ2) is 7.32. The molecule has 0 bridgehead atoms. The lowest BCUT2D eigenvalue weighted by Crippen LogP contribution is -2.43. The molecular weight excluding hydrogens is 347 g/mol. The molecule has 0 atom stereocenters. The van der Waals surface area contributed by atoms with Crippen LogP contribution in [-0.2, 0) is 5.54 Å². The van der Waals surface area contributed by atoms with Gasteiger partial charge >= 0.3 is 6.03 Å². The monoisotopic (exact) mass is 366 g/mol. The van der Waals surface area contributed by atoms with Gasteiger partial charge in [0.15, 0.2) is 0 Å². The van der Waals surface area contributed by atoms with Gasteiger partial charge in [0.2, 0.25) is 0 Å². The molecule has 0 unspecified atom stereocenters. The average Bonchev–Trinajstić information content (AvgIpc) is 2.50. The fourth-order valence-electron chi connectivity index (χ4n) is 2.31. The Hall–Kier alpha value is -1.91. The van der Waals surface area contributed by atoms with Crippen LogP contribution in [0.1, 0.15) is 25.0 Å². The van der Waals surface area contributed by atoms with Gasteiger partial charge in [0.1, 0.15) is 5.75 Å². The molecule has 0 radical (unpaired) electrons. The minimum atomic E-state index is -0.566. The molecule has 6 heteroatoms. The number of carbonyl (C=O) groups is 1. The van der Waals surface area contributed by atoms with Gasteiger partial charge in [-0.1, -0.05) is 35.3 Å². The minimum Gasteiger partial charge on any atom is -0.495 e. The van der Waals surface area contributed by atoms with Crippen molar-refractivity contribution >= 4 is 34.9 Å². The maximum Gasteiger partial charge on any atom is 0.320 e. The fraction of sp³-hybridized carbons (Fsp3) is 0.278. The Bertz CT molecular complexity index is 743. The van der Waals surface area contributed by atoms with E-state index in [0.29, 0.717) is 21.5 Å². The summed E-state index contributed by atoms with van der Waals surface area (Å²) in [6.45, 7) is 5.70. The van der Waals surface area contributed by atoms with Crippen LogP contribution in [0, 0.1) is 6.92 Å². The molecule has 4 nitrogen and oxygen atoms in total. The van der Waals surface area contributed by atoms with Crippen LogP contribution < -0.4 is 15.4 Å². The van der Waals surface area contributed by atoms with Crippen LogP contribution >= 0.6 is 23.2 Å². The third-order valence-electron chi connectivity index (χ3n) is 3.72. The van der Waals surface area contributed by atoms with E-state index in [4.69, 9.17) is 27.9 Å². The van der Waals surface area contributed by atoms with Crippen LogP contribution in [0.4, 0.5) is 10.5 Å². The summed E-state index contributed by atoms with van der Waals surface area (Å²) < 4.78 is 5.27. The van der Waals surface area contributed by atoms with E-state index in [9.17, 15) is 4.79 Å². The summed E-state index contributed by atoms with van der Waals surface area (Å²) in [5, 5.41) is 6.99. The van der Waals surface area contributed by atoms with Crippen molar-refractivity contribution in [3.05, 3.63) is 57.6 Å². The van der Waals surface area contributed by atoms with Gasteiger partial charge in [-0.05, 0) is 50.1 Å². The van der Waals surface area contributed by atoms with E-state index in [-0.39, 0.29) is 6.03 Å². The molecule has 2 amide bonds. The van der Waals surface area contributed by atoms with Crippen molar-refractivity contribution < 1.29 is 9.53 Å². The smallest absolute Gasteiger partial charge is 0.320 e. The lowest BCUT2D eigenvalue weighted by Gasteiger charge is -2.27. The quantitative estimate of drug-likeness (QED) is 0.764. The van der Waals surface area contributed by atoms with Gasteiger partial charge in [0.05, 0.1) is 18.3 Å². The van der Waals surface area contributed by atoms with Crippen molar-refractivity contribution in [1.29, 1.82) is 0 Å². The maximum atomic E-state index is 12.4. The molecule has 0 aliphatic heterocycles. The number of methoxy groups -OCH3 is 1. The molecule has 0 aliphatic rings. The van der Waals surface area contributed by atoms with Crippen molar-refractivity contribution in [2.45, 2.75) is 26.3 Å². The molecule has 2 aromatic rings. The van der Waals surface area contributed by atoms with E-state index in [1.165, 1.54) is 7.11 Å². The third-order valence-corrected chi connectivity index (χ3v) is 4.38. The van der Waals surface area contributed by atoms with Crippen molar-refractivity contribution in [1.82, 2.24) is 5.32 Å². The van der Waals surface area contributed by atoms with Crippen molar-refractivity contribution in [3.8, 4) is 5.75 Å². The number of hydrogen-bond donors (Lipinski definition) is 2. The molecule has 0 saturated carbocycles. The summed E-state index contributed by atoms with van der Waals surface area (Å²) in [6, 6.07) is 10.5. The van der Waals surface area contributed by atoms with E-state index in [2.05, 4.69) is 10.6 Å². The molecule has 128 valence electrons. The van der Waals surface area contributed by atoms with E-state index >= 15 is 0 Å². The van der Waals surface area contributed by atoms with Crippen LogP contribution in [0.15, 0.2) is 36.4 Å². The summed E-state index contributed by atoms with van der Waals surface area (Å²) in [4.78, 5) is 12.4. The standard InChI is InChI=1S/C18H20Cl2N2O2/c1-11-9-15(16(24-4)10-14(11)20)21-17(23)22-18(2,3)12-5-7-13(19)8-6-12/h5-10H,1-4H3,(H2,21,22,23). The van der Waals surface area contributed by atoms with Crippen molar-refractivity contribution in [2.75, 3.05) is 12.4 Å². The zero-order valence-electron chi connectivity index (χ0n) is 14.0. The zero-order chi connectivity index (χ0) is 17.9. The van der Waals surface area contributed by atoms with Crippen LogP contribution in [-0.4, -0.2) is 13.1 Å². The van der Waals surface area contributed by atoms with Crippen molar-refractivity contribution in [2.24, 2.45) is 0 Å². The summed E-state index contributed by atoms with van der Waals surface area (Å²) >= 11 is 12.0. The number of hydrogen-bond acceptors (Lipinski definition) is 2. The zero-order valence-corrected chi connectivity index (χ0v) is 15.5. The Morgan fingerprint density at radius 1 is 1.12 bits per heavy atom. The molecule has 2 N–H and O–H groups in total. The van der Waals surface area contributed by atoms with Gasteiger partial charge in [0.25, 0.3) is 0 Å². The van der Waals surface area contributed by atoms with Crippen LogP contribution in [0.3, 0.4) is 0 Å². The van der Waals surface area contributed by atoms with Gasteiger partial charge in [-0.2, -0.15) is 0 Å². The second-order valence-electron chi connectivity index (χ2n) is 6.01. The normalized spacial score (nSPS) is 11.1. The number of aryl methyl sites for hydroxylation is 1. The number of rotatable bonds is 4. The van der Waals surface area contributed by atoms with Crippen LogP contribution in [0.5, 0.6) is 5.75 Å². The third kappa shape index (κ3) is 4.34. The largest absolute Gasteiger partial charge is 0.495 e. The van der Waals surface area contributed by atoms with Gasteiger partial charge in [-0.15, -0.1) is 0 Å². The predicted molar refractivity (Wildman–Crippen MR) is 99.4 cm³/mol. The number of urea groups is 1. The number of ether oxygens (including phenoxy) is 1. The van der Waals surface area contributed by atoms with E-state index < -0.39 is 5.54 Å². The molecule has 24 heavy (non-hydrogen) atoms. The van der Waals surface area contributed by atoms with E-state index in [0.717, 1.165) is 11.1 Å². The fourth-order valence-corrected chi connectivity index (χ4v) is 2.59. The maximum absolute atomic E-state index is 12.4. The number of anilines is 1. The first-order valence-electron chi connectivity index (χ1n) is 7.42. The first-order valence-corrected chi connectivity index (χ1v) is 8.18. The predicted octanol–water partition coefficient (Wildman–Crippen LogP) is 5.37. The Labute approximate surface area is 152 Å². The summed E-state index contributed by atoms with van der Waals surface area (Å²) in [7, 11) is 1.53. The number of benzene rings is 2. The highest BCUT2D eigenvalue weighted by Gasteiger charge is 2.23. The SMILES string of the molecule is COc1cc(Cl)c(C)cc1NC(=O)NC(C)(C)c1ccc(Cl)cc1. The van der Waals surface area contributed by atoms with Gasteiger partial charge in [-0.25, -0.2) is 4.79 Å². The molecule has 0 heterocycles. The van der Waals surface area contributed by atoms with Crippen LogP contribution in [0.2, 0.25) is 10.0 Å². The highest BCUT2D eigenvalue weighted by molar-refractivity contribution is 6.31. The second-order valence-corrected chi connectivity index (χ2v) is 6.86. The van der Waals surface area contributed by atoms with Crippen LogP contribution in [0.25, 0.3) is 0 Å². The number of nitrogens with one attached hydrogen (secondary N) is 2. The minimum absolute atomic E-state index is 0.338. The van der Waals surface area contributed by atoms with Gasteiger partial charge in [-0.3, -0.25) is 0 Å². The number of carbonyl (C=O) groups excluding carboxylic acids is 1. The van der Waals surface area contributed by atoms with Gasteiger partial charge in [0, 0.05) is 16.1 Å². The topological polar surface area (TPSA) is 50.4 Å². The molecule has 0 saturated heterocycles. The molecule has 0 aliphatic carbocycles. The number of amides is 2. The molecule has 2 rings (SSSR count). The number of halogens is 2. The van der Waals surface area contributed by atoms with E-state index in [1.807, 2.05) is 32.9 Å². The Morgan fingerprint density at radius 3 is 2.33 bits per heavy atom. The molecule has 0 fully saturated rings. The lowest BCUT2D eigenvalue weighted by molar-refractivity contribution is 0.241. The highest BCUT2D eigenvalue weighted by atomic mass is 35.5. The summed E-state index contributed by atoms with van der Waals surface area (Å²) in [5.41, 5.74) is 1.79. The Kier molecular flexibility index (Phi) is 5.62. The molecule has 0 aromatic heterocycles. The molecule has 0 spiro atoms. The first-order chi connectivity index (χ1) is 11.2. The Balaban J connectivity index is 2.15. The molecule has 2 aromatic carbocycles. The molecular formula is C18H20Cl2N2O2.